The first-order chi connectivity index (χ1) is 5.81. The zero-order valence-electron chi connectivity index (χ0n) is 6.17. The van der Waals surface area contributed by atoms with Gasteiger partial charge in [-0.1, -0.05) is 11.6 Å². The van der Waals surface area contributed by atoms with Crippen LogP contribution in [0, 0.1) is 0 Å². The van der Waals surface area contributed by atoms with Crippen LogP contribution in [-0.2, 0) is 5.88 Å². The predicted molar refractivity (Wildman–Crippen MR) is 49.8 cm³/mol. The van der Waals surface area contributed by atoms with Gasteiger partial charge in [-0.05, 0) is 12.1 Å². The molecular formula is C8H6Cl2N2. The van der Waals surface area contributed by atoms with Gasteiger partial charge in [-0.2, -0.15) is 0 Å². The number of aromatic nitrogens is 2. The number of fused-ring (bicyclic) bond motifs is 1. The first-order valence-corrected chi connectivity index (χ1v) is 4.40. The molecule has 0 amide bonds. The first-order valence-electron chi connectivity index (χ1n) is 3.49. The SMILES string of the molecule is ClCc1cnc2cc(Cl)ccn12. The van der Waals surface area contributed by atoms with Crippen LogP contribution in [0.4, 0.5) is 0 Å². The van der Waals surface area contributed by atoms with Gasteiger partial charge in [-0.15, -0.1) is 11.6 Å². The third-order valence-corrected chi connectivity index (χ3v) is 2.20. The highest BCUT2D eigenvalue weighted by Gasteiger charge is 2.00. The molecule has 0 saturated carbocycles. The molecule has 62 valence electrons. The van der Waals surface area contributed by atoms with Crippen LogP contribution in [0.5, 0.6) is 0 Å². The maximum Gasteiger partial charge on any atom is 0.138 e. The highest BCUT2D eigenvalue weighted by molar-refractivity contribution is 6.30. The van der Waals surface area contributed by atoms with Crippen LogP contribution < -0.4 is 0 Å². The Labute approximate surface area is 79.7 Å². The van der Waals surface area contributed by atoms with Gasteiger partial charge in [-0.3, -0.25) is 0 Å². The summed E-state index contributed by atoms with van der Waals surface area (Å²) < 4.78 is 1.92. The maximum atomic E-state index is 5.78. The van der Waals surface area contributed by atoms with E-state index in [-0.39, 0.29) is 0 Å². The van der Waals surface area contributed by atoms with Gasteiger partial charge in [0.2, 0.25) is 0 Å². The average Bonchev–Trinajstić information content (AvgIpc) is 2.46. The highest BCUT2D eigenvalue weighted by Crippen LogP contribution is 2.14. The second-order valence-electron chi connectivity index (χ2n) is 2.46. The van der Waals surface area contributed by atoms with Crippen LogP contribution in [0.2, 0.25) is 5.02 Å². The molecule has 2 nitrogen and oxygen atoms in total. The van der Waals surface area contributed by atoms with E-state index in [4.69, 9.17) is 23.2 Å². The zero-order chi connectivity index (χ0) is 8.55. The Hall–Kier alpha value is -0.730. The van der Waals surface area contributed by atoms with Gasteiger partial charge in [0.15, 0.2) is 0 Å². The van der Waals surface area contributed by atoms with Crippen LogP contribution in [0.1, 0.15) is 5.69 Å². The zero-order valence-corrected chi connectivity index (χ0v) is 7.68. The Kier molecular flexibility index (Phi) is 1.95. The van der Waals surface area contributed by atoms with Gasteiger partial charge in [0.25, 0.3) is 0 Å². The molecule has 0 unspecified atom stereocenters. The Morgan fingerprint density at radius 3 is 3.08 bits per heavy atom. The number of halogens is 2. The third-order valence-electron chi connectivity index (χ3n) is 1.69. The summed E-state index contributed by atoms with van der Waals surface area (Å²) in [6.45, 7) is 0. The Morgan fingerprint density at radius 1 is 1.50 bits per heavy atom. The minimum atomic E-state index is 0.461. The fourth-order valence-corrected chi connectivity index (χ4v) is 1.46. The fourth-order valence-electron chi connectivity index (χ4n) is 1.11. The van der Waals surface area contributed by atoms with Crippen LogP contribution in [0.25, 0.3) is 5.65 Å². The van der Waals surface area contributed by atoms with Crippen molar-refractivity contribution >= 4 is 28.8 Å². The summed E-state index contributed by atoms with van der Waals surface area (Å²) in [5.74, 6) is 0.461. The van der Waals surface area contributed by atoms with Crippen LogP contribution in [0.15, 0.2) is 24.5 Å². The molecule has 0 aliphatic heterocycles. The third kappa shape index (κ3) is 1.17. The van der Waals surface area contributed by atoms with Gasteiger partial charge >= 0.3 is 0 Å². The number of rotatable bonds is 1. The van der Waals surface area contributed by atoms with Gasteiger partial charge in [0.05, 0.1) is 17.8 Å². The van der Waals surface area contributed by atoms with Crippen LogP contribution >= 0.6 is 23.2 Å². The van der Waals surface area contributed by atoms with Crippen molar-refractivity contribution < 1.29 is 0 Å². The van der Waals surface area contributed by atoms with Crippen molar-refractivity contribution in [3.05, 3.63) is 35.2 Å². The molecule has 0 spiro atoms. The summed E-state index contributed by atoms with van der Waals surface area (Å²) in [5.41, 5.74) is 1.81. The van der Waals surface area contributed by atoms with E-state index in [1.807, 2.05) is 16.7 Å². The number of nitrogens with zero attached hydrogens (tertiary/aromatic N) is 2. The largest absolute Gasteiger partial charge is 0.303 e. The fraction of sp³-hybridized carbons (Fsp3) is 0.125. The van der Waals surface area contributed by atoms with E-state index < -0.39 is 0 Å². The van der Waals surface area contributed by atoms with Gasteiger partial charge in [-0.25, -0.2) is 4.98 Å². The molecule has 2 rings (SSSR count). The van der Waals surface area contributed by atoms with Crippen molar-refractivity contribution in [1.82, 2.24) is 9.38 Å². The quantitative estimate of drug-likeness (QED) is 0.648. The lowest BCUT2D eigenvalue weighted by Gasteiger charge is -1.96. The number of imidazole rings is 1. The molecule has 0 aliphatic rings. The summed E-state index contributed by atoms with van der Waals surface area (Å²) in [5, 5.41) is 0.689. The molecule has 0 N–H and O–H groups in total. The molecule has 0 bridgehead atoms. The summed E-state index contributed by atoms with van der Waals surface area (Å²) >= 11 is 11.5. The van der Waals surface area contributed by atoms with Gasteiger partial charge < -0.3 is 4.40 Å². The number of pyridine rings is 1. The topological polar surface area (TPSA) is 17.3 Å². The van der Waals surface area contributed by atoms with Crippen molar-refractivity contribution in [1.29, 1.82) is 0 Å². The lowest BCUT2D eigenvalue weighted by atomic mass is 10.4. The van der Waals surface area contributed by atoms with Crippen molar-refractivity contribution in [3.63, 3.8) is 0 Å². The molecule has 0 atom stereocenters. The smallest absolute Gasteiger partial charge is 0.138 e. The molecule has 2 aromatic rings. The normalized spacial score (nSPS) is 10.8. The standard InChI is InChI=1S/C8H6Cl2N2/c9-4-7-5-11-8-3-6(10)1-2-12(7)8/h1-3,5H,4H2. The summed E-state index contributed by atoms with van der Waals surface area (Å²) in [6, 6.07) is 3.61. The summed E-state index contributed by atoms with van der Waals surface area (Å²) in [4.78, 5) is 4.14. The van der Waals surface area contributed by atoms with Crippen molar-refractivity contribution in [2.75, 3.05) is 0 Å². The second kappa shape index (κ2) is 2.96. The van der Waals surface area contributed by atoms with E-state index in [2.05, 4.69) is 4.98 Å². The second-order valence-corrected chi connectivity index (χ2v) is 3.16. The number of hydrogen-bond acceptors (Lipinski definition) is 1. The van der Waals surface area contributed by atoms with Crippen molar-refractivity contribution in [3.8, 4) is 0 Å². The Bertz CT molecular complexity index is 408. The molecule has 12 heavy (non-hydrogen) atoms. The van der Waals surface area contributed by atoms with Crippen molar-refractivity contribution in [2.45, 2.75) is 5.88 Å². The minimum Gasteiger partial charge on any atom is -0.303 e. The molecule has 0 saturated heterocycles. The van der Waals surface area contributed by atoms with Gasteiger partial charge in [0.1, 0.15) is 5.65 Å². The number of hydrogen-bond donors (Lipinski definition) is 0. The van der Waals surface area contributed by atoms with Crippen LogP contribution in [0.3, 0.4) is 0 Å². The minimum absolute atomic E-state index is 0.461. The molecule has 0 radical (unpaired) electrons. The lowest BCUT2D eigenvalue weighted by Crippen LogP contribution is -1.87. The summed E-state index contributed by atoms with van der Waals surface area (Å²) in [6.07, 6.45) is 3.61. The monoisotopic (exact) mass is 200 g/mol. The maximum absolute atomic E-state index is 5.78. The van der Waals surface area contributed by atoms with E-state index >= 15 is 0 Å². The van der Waals surface area contributed by atoms with Crippen LogP contribution in [-0.4, -0.2) is 9.38 Å². The van der Waals surface area contributed by atoms with E-state index in [0.717, 1.165) is 11.3 Å². The molecule has 0 aliphatic carbocycles. The molecular weight excluding hydrogens is 195 g/mol. The van der Waals surface area contributed by atoms with E-state index in [1.54, 1.807) is 12.3 Å². The molecule has 0 fully saturated rings. The van der Waals surface area contributed by atoms with Crippen molar-refractivity contribution in [2.24, 2.45) is 0 Å². The molecule has 0 aromatic carbocycles. The number of alkyl halides is 1. The lowest BCUT2D eigenvalue weighted by molar-refractivity contribution is 1.09. The Morgan fingerprint density at radius 2 is 2.33 bits per heavy atom. The molecule has 4 heteroatoms. The highest BCUT2D eigenvalue weighted by atomic mass is 35.5. The molecule has 2 heterocycles. The van der Waals surface area contributed by atoms with E-state index in [9.17, 15) is 0 Å². The average molecular weight is 201 g/mol. The predicted octanol–water partition coefficient (Wildman–Crippen LogP) is 2.73. The first kappa shape index (κ1) is 7.90. The van der Waals surface area contributed by atoms with E-state index in [1.165, 1.54) is 0 Å². The Balaban J connectivity index is 2.73. The van der Waals surface area contributed by atoms with Gasteiger partial charge in [0, 0.05) is 11.2 Å². The van der Waals surface area contributed by atoms with E-state index in [0.29, 0.717) is 10.9 Å². The summed E-state index contributed by atoms with van der Waals surface area (Å²) in [7, 11) is 0. The molecule has 2 aromatic heterocycles.